The van der Waals surface area contributed by atoms with Gasteiger partial charge in [0, 0.05) is 5.56 Å². The lowest BCUT2D eigenvalue weighted by Crippen LogP contribution is -2.09. The number of hydrogen-bond donors (Lipinski definition) is 0. The van der Waals surface area contributed by atoms with Gasteiger partial charge in [-0.1, -0.05) is 72.8 Å². The minimum Gasteiger partial charge on any atom is -0.423 e. The van der Waals surface area contributed by atoms with Crippen LogP contribution in [0.3, 0.4) is 0 Å². The van der Waals surface area contributed by atoms with Gasteiger partial charge >= 0.3 is 11.9 Å². The molecule has 0 bridgehead atoms. The number of carbonyl (C=O) groups is 2. The van der Waals surface area contributed by atoms with Crippen LogP contribution < -0.4 is 4.74 Å². The first kappa shape index (κ1) is 22.0. The van der Waals surface area contributed by atoms with Crippen molar-refractivity contribution in [2.45, 2.75) is 6.92 Å². The number of esters is 2. The van der Waals surface area contributed by atoms with E-state index < -0.39 is 11.9 Å². The first-order valence-electron chi connectivity index (χ1n) is 11.1. The summed E-state index contributed by atoms with van der Waals surface area (Å²) in [5, 5.41) is 0. The Bertz CT molecular complexity index is 1450. The summed E-state index contributed by atoms with van der Waals surface area (Å²) < 4.78 is 10.9. The highest BCUT2D eigenvalue weighted by molar-refractivity contribution is 6.13. The van der Waals surface area contributed by atoms with Gasteiger partial charge in [0.2, 0.25) is 5.90 Å². The van der Waals surface area contributed by atoms with E-state index in [4.69, 9.17) is 9.47 Å². The Balaban J connectivity index is 1.30. The average Bonchev–Trinajstić information content (AvgIpc) is 3.26. The second kappa shape index (κ2) is 9.61. The molecule has 1 heterocycles. The summed E-state index contributed by atoms with van der Waals surface area (Å²) in [6, 6.07) is 31.9. The highest BCUT2D eigenvalue weighted by Crippen LogP contribution is 2.24. The predicted molar refractivity (Wildman–Crippen MR) is 135 cm³/mol. The maximum absolute atomic E-state index is 12.4. The van der Waals surface area contributed by atoms with Crippen LogP contribution in [0.1, 0.15) is 27.0 Å². The molecular formula is C30H21NO4. The molecule has 4 aromatic rings. The first-order valence-corrected chi connectivity index (χ1v) is 11.1. The van der Waals surface area contributed by atoms with E-state index in [1.54, 1.807) is 42.5 Å². The number of benzene rings is 4. The van der Waals surface area contributed by atoms with E-state index in [0.717, 1.165) is 27.8 Å². The van der Waals surface area contributed by atoms with Crippen LogP contribution in [0.15, 0.2) is 114 Å². The smallest absolute Gasteiger partial charge is 0.363 e. The Hall–Kier alpha value is -4.77. The van der Waals surface area contributed by atoms with Crippen molar-refractivity contribution in [2.75, 3.05) is 0 Å². The van der Waals surface area contributed by atoms with Gasteiger partial charge < -0.3 is 9.47 Å². The Morgan fingerprint density at radius 1 is 0.771 bits per heavy atom. The molecule has 1 aliphatic rings. The molecule has 0 atom stereocenters. The van der Waals surface area contributed by atoms with E-state index in [0.29, 0.717) is 11.3 Å². The predicted octanol–water partition coefficient (Wildman–Crippen LogP) is 6.23. The van der Waals surface area contributed by atoms with Crippen molar-refractivity contribution in [2.24, 2.45) is 4.99 Å². The molecule has 0 unspecified atom stereocenters. The molecule has 5 nitrogen and oxygen atoms in total. The Kier molecular flexibility index (Phi) is 6.05. The van der Waals surface area contributed by atoms with Crippen molar-refractivity contribution in [3.05, 3.63) is 131 Å². The fourth-order valence-corrected chi connectivity index (χ4v) is 3.72. The average molecular weight is 460 g/mol. The van der Waals surface area contributed by atoms with Gasteiger partial charge in [-0.25, -0.2) is 14.6 Å². The van der Waals surface area contributed by atoms with Crippen molar-refractivity contribution in [3.8, 4) is 16.9 Å². The van der Waals surface area contributed by atoms with Crippen molar-refractivity contribution in [1.29, 1.82) is 0 Å². The fraction of sp³-hybridized carbons (Fsp3) is 0.0333. The summed E-state index contributed by atoms with van der Waals surface area (Å²) in [5.74, 6) is -0.245. The van der Waals surface area contributed by atoms with Crippen molar-refractivity contribution < 1.29 is 19.1 Å². The summed E-state index contributed by atoms with van der Waals surface area (Å²) in [6.07, 6.45) is 1.64. The number of hydrogen-bond acceptors (Lipinski definition) is 5. The number of aliphatic imine (C=N–C) groups is 1. The summed E-state index contributed by atoms with van der Waals surface area (Å²) >= 11 is 0. The van der Waals surface area contributed by atoms with Crippen LogP contribution in [0.2, 0.25) is 0 Å². The minimum absolute atomic E-state index is 0.205. The Labute approximate surface area is 203 Å². The minimum atomic E-state index is -0.512. The van der Waals surface area contributed by atoms with Gasteiger partial charge in [0.25, 0.3) is 0 Å². The van der Waals surface area contributed by atoms with Gasteiger partial charge in [0.15, 0.2) is 5.70 Å². The largest absolute Gasteiger partial charge is 0.423 e. The molecule has 0 aromatic heterocycles. The van der Waals surface area contributed by atoms with Crippen LogP contribution >= 0.6 is 0 Å². The van der Waals surface area contributed by atoms with E-state index in [9.17, 15) is 9.59 Å². The third-order valence-corrected chi connectivity index (χ3v) is 5.62. The van der Waals surface area contributed by atoms with Crippen molar-refractivity contribution >= 4 is 23.9 Å². The van der Waals surface area contributed by atoms with E-state index in [1.165, 1.54) is 0 Å². The molecular weight excluding hydrogens is 438 g/mol. The third-order valence-electron chi connectivity index (χ3n) is 5.62. The van der Waals surface area contributed by atoms with Gasteiger partial charge in [-0.05, 0) is 65.6 Å². The van der Waals surface area contributed by atoms with Crippen LogP contribution in [0.5, 0.6) is 5.75 Å². The lowest BCUT2D eigenvalue weighted by atomic mass is 10.0. The van der Waals surface area contributed by atoms with E-state index >= 15 is 0 Å². The Morgan fingerprint density at radius 3 is 2.11 bits per heavy atom. The van der Waals surface area contributed by atoms with Crippen LogP contribution in [0.4, 0.5) is 0 Å². The summed E-state index contributed by atoms with van der Waals surface area (Å²) in [4.78, 5) is 29.2. The van der Waals surface area contributed by atoms with Gasteiger partial charge in [-0.15, -0.1) is 0 Å². The van der Waals surface area contributed by atoms with Gasteiger partial charge in [-0.3, -0.25) is 0 Å². The summed E-state index contributed by atoms with van der Waals surface area (Å²) in [5.41, 5.74) is 5.21. The quantitative estimate of drug-likeness (QED) is 0.202. The first-order chi connectivity index (χ1) is 17.1. The van der Waals surface area contributed by atoms with Crippen molar-refractivity contribution in [3.63, 3.8) is 0 Å². The van der Waals surface area contributed by atoms with Gasteiger partial charge in [0.05, 0.1) is 5.56 Å². The molecule has 4 aromatic carbocycles. The molecule has 0 amide bonds. The van der Waals surface area contributed by atoms with Crippen LogP contribution in [-0.4, -0.2) is 17.8 Å². The molecule has 0 spiro atoms. The van der Waals surface area contributed by atoms with Crippen molar-refractivity contribution in [1.82, 2.24) is 0 Å². The number of cyclic esters (lactones) is 1. The van der Waals surface area contributed by atoms with Crippen LogP contribution in [0.25, 0.3) is 17.2 Å². The van der Waals surface area contributed by atoms with Gasteiger partial charge in [-0.2, -0.15) is 0 Å². The van der Waals surface area contributed by atoms with E-state index in [-0.39, 0.29) is 11.6 Å². The normalized spacial score (nSPS) is 13.9. The van der Waals surface area contributed by atoms with Crippen LogP contribution in [0, 0.1) is 6.92 Å². The zero-order valence-corrected chi connectivity index (χ0v) is 19.0. The second-order valence-electron chi connectivity index (χ2n) is 8.05. The maximum Gasteiger partial charge on any atom is 0.363 e. The molecule has 0 saturated carbocycles. The number of nitrogens with zero attached hydrogens (tertiary/aromatic N) is 1. The molecule has 170 valence electrons. The van der Waals surface area contributed by atoms with E-state index in [2.05, 4.69) is 4.99 Å². The lowest BCUT2D eigenvalue weighted by molar-refractivity contribution is -0.129. The topological polar surface area (TPSA) is 65.0 Å². The molecule has 0 N–H and O–H groups in total. The highest BCUT2D eigenvalue weighted by Gasteiger charge is 2.24. The Morgan fingerprint density at radius 2 is 1.40 bits per heavy atom. The zero-order chi connectivity index (χ0) is 24.2. The molecule has 0 aliphatic carbocycles. The summed E-state index contributed by atoms with van der Waals surface area (Å²) in [6.45, 7) is 1.86. The number of carbonyl (C=O) groups excluding carboxylic acids is 2. The molecule has 0 saturated heterocycles. The monoisotopic (exact) mass is 459 g/mol. The number of ether oxygens (including phenoxy) is 2. The molecule has 5 rings (SSSR count). The number of rotatable bonds is 5. The fourth-order valence-electron chi connectivity index (χ4n) is 3.72. The third kappa shape index (κ3) is 4.94. The molecule has 35 heavy (non-hydrogen) atoms. The SMILES string of the molecule is Cc1ccccc1C(=O)Oc1ccc(/C=C2\N=C(c3ccc(-c4ccccc4)cc3)OC2=O)cc1. The number of aryl methyl sites for hydroxylation is 1. The lowest BCUT2D eigenvalue weighted by Gasteiger charge is -2.06. The maximum atomic E-state index is 12.4. The zero-order valence-electron chi connectivity index (χ0n) is 19.0. The molecule has 0 radical (unpaired) electrons. The molecule has 5 heteroatoms. The second-order valence-corrected chi connectivity index (χ2v) is 8.05. The highest BCUT2D eigenvalue weighted by atomic mass is 16.6. The summed E-state index contributed by atoms with van der Waals surface area (Å²) in [7, 11) is 0. The van der Waals surface area contributed by atoms with Gasteiger partial charge in [0.1, 0.15) is 5.75 Å². The van der Waals surface area contributed by atoms with Crippen LogP contribution in [-0.2, 0) is 9.53 Å². The molecule has 0 fully saturated rings. The van der Waals surface area contributed by atoms with E-state index in [1.807, 2.05) is 73.7 Å². The standard InChI is InChI=1S/C30H21NO4/c1-20-7-5-6-10-26(20)29(32)34-25-17-11-21(12-18-25)19-27-30(33)35-28(31-27)24-15-13-23(14-16-24)22-8-3-2-4-9-22/h2-19H,1H3/b27-19-. The molecule has 1 aliphatic heterocycles.